The molecule has 5 rings (SSSR count). The van der Waals surface area contributed by atoms with E-state index in [9.17, 15) is 4.79 Å². The zero-order valence-electron chi connectivity index (χ0n) is 21.5. The largest absolute Gasteiger partial charge is 0.491 e. The Hall–Kier alpha value is -3.73. The van der Waals surface area contributed by atoms with Crippen LogP contribution in [-0.4, -0.2) is 26.0 Å². The summed E-state index contributed by atoms with van der Waals surface area (Å²) in [4.78, 5) is 15.8. The number of nitrogens with zero attached hydrogens (tertiary/aromatic N) is 1. The molecule has 3 unspecified atom stereocenters. The number of benzene rings is 3. The molecule has 0 saturated heterocycles. The summed E-state index contributed by atoms with van der Waals surface area (Å²) in [6.07, 6.45) is 2.43. The van der Waals surface area contributed by atoms with Gasteiger partial charge in [-0.1, -0.05) is 43.3 Å². The highest BCUT2D eigenvalue weighted by atomic mass is 16.5. The maximum Gasteiger partial charge on any atom is 0.163 e. The van der Waals surface area contributed by atoms with Gasteiger partial charge in [0.25, 0.3) is 0 Å². The first-order valence-corrected chi connectivity index (χ1v) is 12.9. The molecule has 0 amide bonds. The van der Waals surface area contributed by atoms with E-state index in [1.165, 1.54) is 5.56 Å². The van der Waals surface area contributed by atoms with Gasteiger partial charge < -0.3 is 20.3 Å². The molecule has 0 bridgehead atoms. The van der Waals surface area contributed by atoms with E-state index in [0.717, 1.165) is 52.5 Å². The molecule has 5 nitrogen and oxygen atoms in total. The number of ketones is 1. The minimum atomic E-state index is -0.224. The van der Waals surface area contributed by atoms with E-state index in [1.54, 1.807) is 0 Å². The Balaban J connectivity index is 1.50. The molecule has 2 N–H and O–H groups in total. The van der Waals surface area contributed by atoms with Gasteiger partial charge in [0.15, 0.2) is 5.78 Å². The average molecular weight is 482 g/mol. The summed E-state index contributed by atoms with van der Waals surface area (Å²) < 4.78 is 5.99. The zero-order chi connectivity index (χ0) is 25.2. The first-order valence-electron chi connectivity index (χ1n) is 12.9. The topological polar surface area (TPSA) is 53.6 Å². The predicted molar refractivity (Wildman–Crippen MR) is 148 cm³/mol. The molecule has 2 aliphatic rings. The maximum absolute atomic E-state index is 13.8. The lowest BCUT2D eigenvalue weighted by Crippen LogP contribution is -2.26. The summed E-state index contributed by atoms with van der Waals surface area (Å²) in [7, 11) is 4.08. The van der Waals surface area contributed by atoms with Crippen LogP contribution in [-0.2, 0) is 4.79 Å². The van der Waals surface area contributed by atoms with Crippen molar-refractivity contribution < 1.29 is 9.53 Å². The third-order valence-electron chi connectivity index (χ3n) is 7.32. The second-order valence-corrected chi connectivity index (χ2v) is 10.1. The summed E-state index contributed by atoms with van der Waals surface area (Å²) in [6.45, 7) is 4.19. The number of anilines is 3. The maximum atomic E-state index is 13.8. The highest BCUT2D eigenvalue weighted by Crippen LogP contribution is 2.44. The van der Waals surface area contributed by atoms with Crippen molar-refractivity contribution in [3.05, 3.63) is 95.2 Å². The lowest BCUT2D eigenvalue weighted by atomic mass is 9.78. The molecule has 0 radical (unpaired) electrons. The molecule has 36 heavy (non-hydrogen) atoms. The number of rotatable bonds is 6. The van der Waals surface area contributed by atoms with Crippen molar-refractivity contribution in [2.45, 2.75) is 51.2 Å². The summed E-state index contributed by atoms with van der Waals surface area (Å²) in [5.74, 6) is 1.19. The fourth-order valence-electron chi connectivity index (χ4n) is 5.08. The molecule has 0 saturated carbocycles. The van der Waals surface area contributed by atoms with Crippen LogP contribution in [0.15, 0.2) is 84.1 Å². The second-order valence-electron chi connectivity index (χ2n) is 10.1. The fraction of sp³-hybridized carbons (Fsp3) is 0.323. The third-order valence-corrected chi connectivity index (χ3v) is 7.32. The number of hydrogen-bond donors (Lipinski definition) is 2. The number of nitrogens with one attached hydrogen (secondary N) is 2. The van der Waals surface area contributed by atoms with Crippen LogP contribution < -0.4 is 20.3 Å². The number of fused-ring (bicyclic) bond motifs is 1. The molecular formula is C31H35N3O2. The predicted octanol–water partition coefficient (Wildman–Crippen LogP) is 6.91. The fourth-order valence-corrected chi connectivity index (χ4v) is 5.08. The van der Waals surface area contributed by atoms with Crippen molar-refractivity contribution >= 4 is 22.8 Å². The Morgan fingerprint density at radius 2 is 1.58 bits per heavy atom. The number of carbonyl (C=O) groups excluding carboxylic acids is 1. The van der Waals surface area contributed by atoms with E-state index < -0.39 is 0 Å². The Bertz CT molecular complexity index is 1260. The quantitative estimate of drug-likeness (QED) is 0.401. The van der Waals surface area contributed by atoms with Crippen LogP contribution in [0.3, 0.4) is 0 Å². The Labute approximate surface area is 214 Å². The molecule has 0 aromatic heterocycles. The molecule has 0 spiro atoms. The Morgan fingerprint density at radius 1 is 0.917 bits per heavy atom. The second kappa shape index (κ2) is 10.1. The highest BCUT2D eigenvalue weighted by molar-refractivity contribution is 6.01. The van der Waals surface area contributed by atoms with Crippen LogP contribution in [0.25, 0.3) is 0 Å². The molecule has 0 fully saturated rings. The normalized spacial score (nSPS) is 19.8. The molecular weight excluding hydrogens is 446 g/mol. The van der Waals surface area contributed by atoms with E-state index in [2.05, 4.69) is 77.9 Å². The molecule has 1 heterocycles. The van der Waals surface area contributed by atoms with Gasteiger partial charge in [-0.25, -0.2) is 0 Å². The summed E-state index contributed by atoms with van der Waals surface area (Å²) in [5.41, 5.74) is 7.26. The van der Waals surface area contributed by atoms with Crippen molar-refractivity contribution in [3.8, 4) is 5.75 Å². The third kappa shape index (κ3) is 4.83. The molecule has 186 valence electrons. The van der Waals surface area contributed by atoms with E-state index in [-0.39, 0.29) is 23.8 Å². The van der Waals surface area contributed by atoms with Crippen LogP contribution in [0.5, 0.6) is 5.75 Å². The van der Waals surface area contributed by atoms with Crippen molar-refractivity contribution in [1.82, 2.24) is 0 Å². The van der Waals surface area contributed by atoms with Crippen LogP contribution in [0.2, 0.25) is 0 Å². The first-order chi connectivity index (χ1) is 17.4. The molecule has 3 aromatic rings. The zero-order valence-corrected chi connectivity index (χ0v) is 21.5. The Kier molecular flexibility index (Phi) is 6.73. The number of carbonyl (C=O) groups is 1. The average Bonchev–Trinajstić information content (AvgIpc) is 3.06. The monoisotopic (exact) mass is 481 g/mol. The van der Waals surface area contributed by atoms with Crippen molar-refractivity contribution in [2.24, 2.45) is 0 Å². The van der Waals surface area contributed by atoms with Gasteiger partial charge in [0.05, 0.1) is 23.5 Å². The number of allylic oxidation sites excluding steroid dienone is 1. The van der Waals surface area contributed by atoms with Crippen molar-refractivity contribution in [3.63, 3.8) is 0 Å². The van der Waals surface area contributed by atoms with E-state index in [4.69, 9.17) is 4.74 Å². The smallest absolute Gasteiger partial charge is 0.163 e. The molecule has 5 heteroatoms. The molecule has 1 aliphatic heterocycles. The van der Waals surface area contributed by atoms with Gasteiger partial charge in [0.1, 0.15) is 5.75 Å². The number of Topliss-reactive ketones (excluding diaryl/α,β-unsaturated/α-hetero) is 1. The van der Waals surface area contributed by atoms with E-state index >= 15 is 0 Å². The van der Waals surface area contributed by atoms with Crippen molar-refractivity contribution in [2.75, 3.05) is 29.6 Å². The summed E-state index contributed by atoms with van der Waals surface area (Å²) in [6, 6.07) is 24.7. The van der Waals surface area contributed by atoms with Gasteiger partial charge in [-0.05, 0) is 73.2 Å². The number of ether oxygens (including phenoxy) is 1. The SMILES string of the molecule is CCC(C)Oc1ccc(C2Nc3ccccc3NC3=C2C(=O)CC(c2ccc(N(C)C)cc2)C3)cc1. The molecule has 3 aromatic carbocycles. The molecule has 1 aliphatic carbocycles. The van der Waals surface area contributed by atoms with E-state index in [0.29, 0.717) is 6.42 Å². The lowest BCUT2D eigenvalue weighted by molar-refractivity contribution is -0.116. The summed E-state index contributed by atoms with van der Waals surface area (Å²) >= 11 is 0. The van der Waals surface area contributed by atoms with Crippen molar-refractivity contribution in [1.29, 1.82) is 0 Å². The van der Waals surface area contributed by atoms with Gasteiger partial charge in [0, 0.05) is 37.5 Å². The molecule has 3 atom stereocenters. The van der Waals surface area contributed by atoms with Crippen LogP contribution in [0.1, 0.15) is 56.2 Å². The highest BCUT2D eigenvalue weighted by Gasteiger charge is 2.36. The van der Waals surface area contributed by atoms with Gasteiger partial charge in [-0.3, -0.25) is 4.79 Å². The lowest BCUT2D eigenvalue weighted by Gasteiger charge is -2.30. The minimum Gasteiger partial charge on any atom is -0.491 e. The van der Waals surface area contributed by atoms with Gasteiger partial charge >= 0.3 is 0 Å². The van der Waals surface area contributed by atoms with Crippen LogP contribution >= 0.6 is 0 Å². The van der Waals surface area contributed by atoms with E-state index in [1.807, 2.05) is 38.4 Å². The summed E-state index contributed by atoms with van der Waals surface area (Å²) in [5, 5.41) is 7.29. The first kappa shape index (κ1) is 24.0. The van der Waals surface area contributed by atoms with Gasteiger partial charge in [-0.2, -0.15) is 0 Å². The van der Waals surface area contributed by atoms with Crippen LogP contribution in [0.4, 0.5) is 17.1 Å². The van der Waals surface area contributed by atoms with Gasteiger partial charge in [-0.15, -0.1) is 0 Å². The van der Waals surface area contributed by atoms with Gasteiger partial charge in [0.2, 0.25) is 0 Å². The van der Waals surface area contributed by atoms with Crippen LogP contribution in [0, 0.1) is 0 Å². The number of hydrogen-bond acceptors (Lipinski definition) is 5. The minimum absolute atomic E-state index is 0.150. The standard InChI is InChI=1S/C31H35N3O2/c1-5-20(2)36-25-16-12-22(13-17-25)31-30-28(32-26-8-6-7-9-27(26)33-31)18-23(19-29(30)35)21-10-14-24(15-11-21)34(3)4/h6-17,20,23,31-33H,5,18-19H2,1-4H3. The number of para-hydroxylation sites is 2. The Morgan fingerprint density at radius 3 is 2.25 bits per heavy atom.